The Morgan fingerprint density at radius 3 is 0.667 bits per heavy atom. The standard InChI is InChI=1S/2C50H33NO.C44H29NO/c1-3-13-34(14-4-1)35-25-29-40(30-26-35)51(41-31-27-38(28-32-41)43-22-11-19-36-17-7-9-20-42(36)43)47-24-12-23-45-48-44-21-10-8-18-39(44)33-46(50(48)52-49(45)47)37-15-5-2-6-16-37;1-3-12-34(13-4-1)36-24-28-42(29-25-36)51(43-30-26-37(27-31-43)40-23-22-35-14-7-8-17-39(35)32-40)47-21-11-20-45-48-44-19-10-9-18-41(44)33-46(50(48)52-49(45)47)38-15-5-2-6-16-38;1-3-13-32(14-4-1)40-29-35-16-9-10-19-38(35)42-39-20-11-21-41(43(39)46-44(40)42)45(36-17-5-2-6-18-36)37-26-24-31(25-27-37)34-23-22-30-12-7-8-15-33(30)28-34/h2*1-33H;1-29H. The van der Waals surface area contributed by atoms with Gasteiger partial charge < -0.3 is 28.0 Å². The van der Waals surface area contributed by atoms with Gasteiger partial charge in [-0.2, -0.15) is 0 Å². The van der Waals surface area contributed by atoms with Crippen LogP contribution in [-0.4, -0.2) is 0 Å². The maximum Gasteiger partial charge on any atom is 0.159 e. The largest absolute Gasteiger partial charge is 0.453 e. The molecule has 0 saturated carbocycles. The van der Waals surface area contributed by atoms with Crippen molar-refractivity contribution in [3.8, 4) is 89.0 Å². The van der Waals surface area contributed by atoms with Gasteiger partial charge in [-0.25, -0.2) is 0 Å². The van der Waals surface area contributed by atoms with Crippen molar-refractivity contribution in [1.29, 1.82) is 0 Å². The molecule has 29 aromatic rings. The van der Waals surface area contributed by atoms with E-state index >= 15 is 0 Å². The third kappa shape index (κ3) is 16.5. The summed E-state index contributed by atoms with van der Waals surface area (Å²) in [6.45, 7) is 0. The first-order valence-corrected chi connectivity index (χ1v) is 51.2. The van der Waals surface area contributed by atoms with E-state index in [0.29, 0.717) is 0 Å². The number of para-hydroxylation sites is 4. The van der Waals surface area contributed by atoms with Gasteiger partial charge in [0, 0.05) is 83.1 Å². The monoisotopic (exact) mass is 1910 g/mol. The molecule has 0 radical (unpaired) electrons. The summed E-state index contributed by atoms with van der Waals surface area (Å²) in [5.74, 6) is 0. The number of nitrogens with zero attached hydrogens (tertiary/aromatic N) is 3. The highest BCUT2D eigenvalue weighted by Gasteiger charge is 2.29. The summed E-state index contributed by atoms with van der Waals surface area (Å²) in [4.78, 5) is 6.96. The molecule has 0 aliphatic carbocycles. The molecule has 0 aliphatic heterocycles. The molecule has 0 unspecified atom stereocenters. The molecule has 6 nitrogen and oxygen atoms in total. The van der Waals surface area contributed by atoms with Crippen molar-refractivity contribution < 1.29 is 13.3 Å². The molecule has 3 heterocycles. The van der Waals surface area contributed by atoms with Crippen molar-refractivity contribution in [3.63, 3.8) is 0 Å². The summed E-state index contributed by atoms with van der Waals surface area (Å²) >= 11 is 0. The Morgan fingerprint density at radius 1 is 0.113 bits per heavy atom. The van der Waals surface area contributed by atoms with Gasteiger partial charge >= 0.3 is 0 Å². The van der Waals surface area contributed by atoms with Crippen LogP contribution in [0.1, 0.15) is 0 Å². The zero-order chi connectivity index (χ0) is 99.3. The second-order valence-electron chi connectivity index (χ2n) is 38.4. The summed E-state index contributed by atoms with van der Waals surface area (Å²) in [6.07, 6.45) is 0. The Balaban J connectivity index is 0.000000111. The molecule has 26 aromatic carbocycles. The van der Waals surface area contributed by atoms with Gasteiger partial charge in [-0.05, 0) is 258 Å². The van der Waals surface area contributed by atoms with Crippen LogP contribution in [0.15, 0.2) is 590 Å². The summed E-state index contributed by atoms with van der Waals surface area (Å²) in [5, 5.41) is 21.3. The fourth-order valence-electron chi connectivity index (χ4n) is 22.3. The van der Waals surface area contributed by atoms with Crippen LogP contribution in [0, 0.1) is 0 Å². The lowest BCUT2D eigenvalue weighted by atomic mass is 9.96. The zero-order valence-electron chi connectivity index (χ0n) is 81.9. The molecule has 0 bridgehead atoms. The van der Waals surface area contributed by atoms with Gasteiger partial charge in [-0.1, -0.05) is 455 Å². The van der Waals surface area contributed by atoms with Crippen LogP contribution in [0.3, 0.4) is 0 Å². The van der Waals surface area contributed by atoms with E-state index in [1.807, 2.05) is 0 Å². The van der Waals surface area contributed by atoms with Gasteiger partial charge in [0.15, 0.2) is 16.7 Å². The van der Waals surface area contributed by atoms with Crippen molar-refractivity contribution >= 4 is 182 Å². The minimum atomic E-state index is 0.858. The maximum absolute atomic E-state index is 7.09. The number of hydrogen-bond donors (Lipinski definition) is 0. The molecule has 0 amide bonds. The van der Waals surface area contributed by atoms with Gasteiger partial charge in [0.05, 0.1) is 17.1 Å². The number of hydrogen-bond acceptors (Lipinski definition) is 6. The minimum Gasteiger partial charge on any atom is -0.453 e. The molecule has 0 aliphatic rings. The predicted octanol–water partition coefficient (Wildman–Crippen LogP) is 41.4. The van der Waals surface area contributed by atoms with E-state index < -0.39 is 0 Å². The molecule has 3 aromatic heterocycles. The van der Waals surface area contributed by atoms with Gasteiger partial charge in [-0.15, -0.1) is 0 Å². The first kappa shape index (κ1) is 89.0. The van der Waals surface area contributed by atoms with Gasteiger partial charge in [0.1, 0.15) is 16.7 Å². The first-order chi connectivity index (χ1) is 74.4. The van der Waals surface area contributed by atoms with Crippen LogP contribution in [0.4, 0.5) is 51.2 Å². The van der Waals surface area contributed by atoms with E-state index in [9.17, 15) is 0 Å². The van der Waals surface area contributed by atoms with Crippen LogP contribution >= 0.6 is 0 Å². The van der Waals surface area contributed by atoms with Crippen molar-refractivity contribution in [3.05, 3.63) is 576 Å². The number of anilines is 9. The normalized spacial score (nSPS) is 11.5. The molecule has 150 heavy (non-hydrogen) atoms. The van der Waals surface area contributed by atoms with Crippen molar-refractivity contribution in [2.75, 3.05) is 14.7 Å². The molecule has 0 N–H and O–H groups in total. The molecule has 0 fully saturated rings. The molecule has 29 rings (SSSR count). The molecule has 0 spiro atoms. The quantitative estimate of drug-likeness (QED) is 0.0905. The van der Waals surface area contributed by atoms with Gasteiger partial charge in [-0.3, -0.25) is 0 Å². The molecular formula is C144H95N3O3. The first-order valence-electron chi connectivity index (χ1n) is 51.2. The molecule has 0 atom stereocenters. The predicted molar refractivity (Wildman–Crippen MR) is 634 cm³/mol. The van der Waals surface area contributed by atoms with Crippen molar-refractivity contribution in [2.24, 2.45) is 0 Å². The lowest BCUT2D eigenvalue weighted by molar-refractivity contribution is 0.670. The van der Waals surface area contributed by atoms with Crippen LogP contribution in [0.25, 0.3) is 219 Å². The summed E-state index contributed by atoms with van der Waals surface area (Å²) in [7, 11) is 0. The summed E-state index contributed by atoms with van der Waals surface area (Å²) in [6, 6.07) is 205. The lowest BCUT2D eigenvalue weighted by Crippen LogP contribution is -2.10. The molecular weight excluding hydrogens is 1820 g/mol. The fraction of sp³-hybridized carbons (Fsp3) is 0. The SMILES string of the molecule is c1ccc(-c2cc3ccccc3c3c2oc2c(N(c4ccccc4)c4ccc(-c5ccc6ccccc6c5)cc4)cccc23)cc1.c1ccc(-c2ccc(N(c3ccc(-c4ccc5ccccc5c4)cc3)c3cccc4c3oc3c(-c5ccccc5)cc5ccccc5c34)cc2)cc1.c1ccc(-c2ccc(N(c3ccc(-c4cccc5ccccc45)cc3)c3cccc4c3oc3c(-c5ccccc5)cc5ccccc5c34)cc2)cc1. The Bertz CT molecular complexity index is 10100. The smallest absolute Gasteiger partial charge is 0.159 e. The highest BCUT2D eigenvalue weighted by Crippen LogP contribution is 2.53. The Hall–Kier alpha value is -19.9. The van der Waals surface area contributed by atoms with Crippen LogP contribution in [0.5, 0.6) is 0 Å². The molecule has 0 saturated heterocycles. The molecule has 6 heteroatoms. The van der Waals surface area contributed by atoms with Gasteiger partial charge in [0.25, 0.3) is 0 Å². The Morgan fingerprint density at radius 2 is 0.333 bits per heavy atom. The fourth-order valence-corrected chi connectivity index (χ4v) is 22.3. The topological polar surface area (TPSA) is 49.1 Å². The lowest BCUT2D eigenvalue weighted by Gasteiger charge is -2.26. The number of fused-ring (bicyclic) bond motifs is 18. The van der Waals surface area contributed by atoms with E-state index in [1.165, 1.54) is 120 Å². The second kappa shape index (κ2) is 38.6. The number of rotatable bonds is 17. The van der Waals surface area contributed by atoms with E-state index in [4.69, 9.17) is 13.3 Å². The van der Waals surface area contributed by atoms with Crippen LogP contribution < -0.4 is 14.7 Å². The van der Waals surface area contributed by atoms with Crippen LogP contribution in [0.2, 0.25) is 0 Å². The third-order valence-electron chi connectivity index (χ3n) is 29.5. The number of benzene rings is 26. The average Bonchev–Trinajstić information content (AvgIpc) is 1.58. The van der Waals surface area contributed by atoms with E-state index in [2.05, 4.69) is 591 Å². The molecule has 704 valence electrons. The number of furan rings is 3. The Kier molecular flexibility index (Phi) is 22.9. The second-order valence-corrected chi connectivity index (χ2v) is 38.4. The average molecular weight is 1920 g/mol. The van der Waals surface area contributed by atoms with Crippen LogP contribution in [-0.2, 0) is 0 Å². The van der Waals surface area contributed by atoms with E-state index in [1.54, 1.807) is 0 Å². The minimum absolute atomic E-state index is 0.858. The maximum atomic E-state index is 7.09. The van der Waals surface area contributed by atoms with Crippen molar-refractivity contribution in [1.82, 2.24) is 0 Å². The summed E-state index contributed by atoms with van der Waals surface area (Å²) in [5.41, 5.74) is 33.2. The highest BCUT2D eigenvalue weighted by atomic mass is 16.3. The highest BCUT2D eigenvalue weighted by molar-refractivity contribution is 6.28. The van der Waals surface area contributed by atoms with Gasteiger partial charge in [0.2, 0.25) is 0 Å². The van der Waals surface area contributed by atoms with E-state index in [0.717, 1.165) is 150 Å². The third-order valence-corrected chi connectivity index (χ3v) is 29.5. The van der Waals surface area contributed by atoms with E-state index in [-0.39, 0.29) is 0 Å². The van der Waals surface area contributed by atoms with Crippen molar-refractivity contribution in [2.45, 2.75) is 0 Å². The Labute approximate surface area is 868 Å². The summed E-state index contributed by atoms with van der Waals surface area (Å²) < 4.78 is 21.2. The zero-order valence-corrected chi connectivity index (χ0v) is 81.9.